The second-order valence-electron chi connectivity index (χ2n) is 6.28. The van der Waals surface area contributed by atoms with Crippen LogP contribution in [0.1, 0.15) is 47.0 Å². The molecule has 1 fully saturated rings. The van der Waals surface area contributed by atoms with E-state index in [9.17, 15) is 9.00 Å². The standard InChI is InChI=1S/C14H28N2O3S/c1-5-11(16-13(17)19-14(2,3)4)10-15-12-6-8-20(18)9-7-12/h11-12,15H,5-10H2,1-4H3,(H,16,17). The van der Waals surface area contributed by atoms with Gasteiger partial charge in [-0.2, -0.15) is 0 Å². The predicted molar refractivity (Wildman–Crippen MR) is 82.3 cm³/mol. The Balaban J connectivity index is 2.28. The summed E-state index contributed by atoms with van der Waals surface area (Å²) in [5.74, 6) is 1.57. The van der Waals surface area contributed by atoms with Crippen LogP contribution in [0.15, 0.2) is 0 Å². The number of nitrogens with one attached hydrogen (secondary N) is 2. The lowest BCUT2D eigenvalue weighted by molar-refractivity contribution is 0.0501. The first-order valence-electron chi connectivity index (χ1n) is 7.38. The number of carbonyl (C=O) groups excluding carboxylic acids is 1. The molecule has 1 saturated heterocycles. The number of hydrogen-bond acceptors (Lipinski definition) is 4. The highest BCUT2D eigenvalue weighted by atomic mass is 32.2. The van der Waals surface area contributed by atoms with Gasteiger partial charge in [0.25, 0.3) is 0 Å². The minimum Gasteiger partial charge on any atom is -0.444 e. The van der Waals surface area contributed by atoms with E-state index in [1.807, 2.05) is 27.7 Å². The molecular weight excluding hydrogens is 276 g/mol. The van der Waals surface area contributed by atoms with Crippen LogP contribution < -0.4 is 10.6 Å². The van der Waals surface area contributed by atoms with Crippen molar-refractivity contribution in [2.45, 2.75) is 64.6 Å². The Morgan fingerprint density at radius 3 is 2.45 bits per heavy atom. The summed E-state index contributed by atoms with van der Waals surface area (Å²) >= 11 is 0. The fourth-order valence-electron chi connectivity index (χ4n) is 2.08. The fourth-order valence-corrected chi connectivity index (χ4v) is 3.38. The van der Waals surface area contributed by atoms with Crippen LogP contribution in [0.4, 0.5) is 4.79 Å². The quantitative estimate of drug-likeness (QED) is 0.812. The average Bonchev–Trinajstić information content (AvgIpc) is 2.34. The Kier molecular flexibility index (Phi) is 6.95. The lowest BCUT2D eigenvalue weighted by Gasteiger charge is -2.27. The number of ether oxygens (including phenoxy) is 1. The molecule has 0 bridgehead atoms. The summed E-state index contributed by atoms with van der Waals surface area (Å²) in [5, 5.41) is 6.34. The second kappa shape index (κ2) is 7.98. The molecule has 6 heteroatoms. The molecule has 0 saturated carbocycles. The van der Waals surface area contributed by atoms with E-state index < -0.39 is 16.4 Å². The second-order valence-corrected chi connectivity index (χ2v) is 7.98. The van der Waals surface area contributed by atoms with Crippen molar-refractivity contribution in [1.82, 2.24) is 10.6 Å². The summed E-state index contributed by atoms with van der Waals surface area (Å²) in [6.07, 6.45) is 2.39. The zero-order valence-corrected chi connectivity index (χ0v) is 13.8. The van der Waals surface area contributed by atoms with Crippen molar-refractivity contribution in [3.63, 3.8) is 0 Å². The molecule has 1 rings (SSSR count). The monoisotopic (exact) mass is 304 g/mol. The van der Waals surface area contributed by atoms with Gasteiger partial charge in [-0.15, -0.1) is 0 Å². The summed E-state index contributed by atoms with van der Waals surface area (Å²) < 4.78 is 16.5. The SMILES string of the molecule is CCC(CNC1CCS(=O)CC1)NC(=O)OC(C)(C)C. The van der Waals surface area contributed by atoms with Crippen LogP contribution in [0.2, 0.25) is 0 Å². The smallest absolute Gasteiger partial charge is 0.407 e. The van der Waals surface area contributed by atoms with E-state index in [4.69, 9.17) is 4.74 Å². The van der Waals surface area contributed by atoms with Crippen molar-refractivity contribution in [1.29, 1.82) is 0 Å². The number of hydrogen-bond donors (Lipinski definition) is 2. The van der Waals surface area contributed by atoms with Gasteiger partial charge in [0.2, 0.25) is 0 Å². The van der Waals surface area contributed by atoms with Crippen molar-refractivity contribution < 1.29 is 13.7 Å². The molecule has 0 spiro atoms. The van der Waals surface area contributed by atoms with Crippen molar-refractivity contribution >= 4 is 16.9 Å². The highest BCUT2D eigenvalue weighted by Gasteiger charge is 2.21. The maximum atomic E-state index is 11.7. The van der Waals surface area contributed by atoms with Crippen LogP contribution in [0.3, 0.4) is 0 Å². The molecule has 1 aliphatic heterocycles. The first-order chi connectivity index (χ1) is 9.30. The van der Waals surface area contributed by atoms with Crippen LogP contribution in [0.5, 0.6) is 0 Å². The van der Waals surface area contributed by atoms with Gasteiger partial charge in [-0.05, 0) is 40.0 Å². The summed E-state index contributed by atoms with van der Waals surface area (Å²) in [7, 11) is -0.627. The van der Waals surface area contributed by atoms with E-state index in [2.05, 4.69) is 10.6 Å². The number of amides is 1. The maximum Gasteiger partial charge on any atom is 0.407 e. The zero-order chi connectivity index (χ0) is 15.2. The molecule has 0 aromatic carbocycles. The van der Waals surface area contributed by atoms with Crippen molar-refractivity contribution in [2.24, 2.45) is 0 Å². The Morgan fingerprint density at radius 2 is 1.95 bits per heavy atom. The third kappa shape index (κ3) is 7.24. The molecule has 0 aliphatic carbocycles. The average molecular weight is 304 g/mol. The molecule has 5 nitrogen and oxygen atoms in total. The summed E-state index contributed by atoms with van der Waals surface area (Å²) in [6, 6.07) is 0.486. The first-order valence-corrected chi connectivity index (χ1v) is 8.87. The van der Waals surface area contributed by atoms with Crippen molar-refractivity contribution in [3.8, 4) is 0 Å². The van der Waals surface area contributed by atoms with Gasteiger partial charge in [-0.3, -0.25) is 4.21 Å². The summed E-state index contributed by atoms with van der Waals surface area (Å²) in [6.45, 7) is 8.34. The van der Waals surface area contributed by atoms with E-state index in [0.717, 1.165) is 37.3 Å². The Morgan fingerprint density at radius 1 is 1.35 bits per heavy atom. The van der Waals surface area contributed by atoms with Crippen LogP contribution in [0, 0.1) is 0 Å². The van der Waals surface area contributed by atoms with Gasteiger partial charge in [0, 0.05) is 40.9 Å². The van der Waals surface area contributed by atoms with E-state index in [1.54, 1.807) is 0 Å². The first kappa shape index (κ1) is 17.4. The van der Waals surface area contributed by atoms with Gasteiger partial charge < -0.3 is 15.4 Å². The highest BCUT2D eigenvalue weighted by molar-refractivity contribution is 7.85. The van der Waals surface area contributed by atoms with Gasteiger partial charge in [0.1, 0.15) is 5.60 Å². The van der Waals surface area contributed by atoms with Crippen molar-refractivity contribution in [2.75, 3.05) is 18.1 Å². The number of rotatable bonds is 5. The fraction of sp³-hybridized carbons (Fsp3) is 0.929. The lowest BCUT2D eigenvalue weighted by Crippen LogP contribution is -2.47. The molecule has 0 aromatic rings. The number of carbonyl (C=O) groups is 1. The third-order valence-corrected chi connectivity index (χ3v) is 4.64. The van der Waals surface area contributed by atoms with Gasteiger partial charge in [0.15, 0.2) is 0 Å². The minimum absolute atomic E-state index is 0.0669. The summed E-state index contributed by atoms with van der Waals surface area (Å²) in [5.41, 5.74) is -0.469. The summed E-state index contributed by atoms with van der Waals surface area (Å²) in [4.78, 5) is 11.7. The molecule has 1 atom stereocenters. The van der Waals surface area contributed by atoms with Gasteiger partial charge in [-0.1, -0.05) is 6.92 Å². The molecule has 1 aliphatic rings. The zero-order valence-electron chi connectivity index (χ0n) is 13.0. The van der Waals surface area contributed by atoms with Crippen LogP contribution in [-0.4, -0.2) is 46.0 Å². The maximum absolute atomic E-state index is 11.7. The molecule has 1 amide bonds. The third-order valence-electron chi connectivity index (χ3n) is 3.25. The Labute approximate surface area is 124 Å². The largest absolute Gasteiger partial charge is 0.444 e. The van der Waals surface area contributed by atoms with Gasteiger partial charge >= 0.3 is 6.09 Å². The normalized spacial score (nSPS) is 25.0. The molecule has 1 unspecified atom stereocenters. The number of alkyl carbamates (subject to hydrolysis) is 1. The van der Waals surface area contributed by atoms with Crippen LogP contribution in [0.25, 0.3) is 0 Å². The molecule has 0 radical (unpaired) electrons. The molecular formula is C14H28N2O3S. The van der Waals surface area contributed by atoms with E-state index in [-0.39, 0.29) is 12.1 Å². The molecule has 2 N–H and O–H groups in total. The molecule has 20 heavy (non-hydrogen) atoms. The van der Waals surface area contributed by atoms with Gasteiger partial charge in [-0.25, -0.2) is 4.79 Å². The van der Waals surface area contributed by atoms with Crippen molar-refractivity contribution in [3.05, 3.63) is 0 Å². The van der Waals surface area contributed by atoms with Crippen LogP contribution in [-0.2, 0) is 15.5 Å². The van der Waals surface area contributed by atoms with Crippen LogP contribution >= 0.6 is 0 Å². The van der Waals surface area contributed by atoms with E-state index in [1.165, 1.54) is 0 Å². The topological polar surface area (TPSA) is 67.4 Å². The Bertz CT molecular complexity index is 332. The molecule has 118 valence electrons. The Hall–Kier alpha value is -0.620. The van der Waals surface area contributed by atoms with E-state index in [0.29, 0.717) is 6.04 Å². The molecule has 1 heterocycles. The minimum atomic E-state index is -0.627. The van der Waals surface area contributed by atoms with E-state index >= 15 is 0 Å². The highest BCUT2D eigenvalue weighted by Crippen LogP contribution is 2.10. The lowest BCUT2D eigenvalue weighted by atomic mass is 10.1. The van der Waals surface area contributed by atoms with Gasteiger partial charge in [0.05, 0.1) is 0 Å². The molecule has 0 aromatic heterocycles. The predicted octanol–water partition coefficient (Wildman–Crippen LogP) is 1.79.